The average Bonchev–Trinajstić information content (AvgIpc) is 3.26. The van der Waals surface area contributed by atoms with E-state index in [1.54, 1.807) is 41.9 Å². The molecular formula is C27H26N4O6. The minimum absolute atomic E-state index is 0.0336. The molecule has 10 nitrogen and oxygen atoms in total. The van der Waals surface area contributed by atoms with E-state index < -0.39 is 5.97 Å². The molecule has 0 atom stereocenters. The topological polar surface area (TPSA) is 127 Å². The molecule has 0 amide bonds. The molecule has 190 valence electrons. The van der Waals surface area contributed by atoms with Crippen LogP contribution in [0.15, 0.2) is 60.9 Å². The van der Waals surface area contributed by atoms with E-state index in [9.17, 15) is 10.1 Å². The van der Waals surface area contributed by atoms with Gasteiger partial charge in [0.25, 0.3) is 0 Å². The first-order chi connectivity index (χ1) is 18.0. The summed E-state index contributed by atoms with van der Waals surface area (Å²) in [5, 5.41) is 26.0. The molecule has 0 unspecified atom stereocenters. The van der Waals surface area contributed by atoms with Crippen molar-refractivity contribution in [2.45, 2.75) is 6.92 Å². The van der Waals surface area contributed by atoms with Crippen LogP contribution >= 0.6 is 0 Å². The summed E-state index contributed by atoms with van der Waals surface area (Å²) in [6, 6.07) is 16.7. The van der Waals surface area contributed by atoms with Gasteiger partial charge in [-0.25, -0.2) is 9.31 Å². The van der Waals surface area contributed by atoms with Crippen molar-refractivity contribution < 1.29 is 28.8 Å². The highest BCUT2D eigenvalue weighted by atomic mass is 16.5. The summed E-state index contributed by atoms with van der Waals surface area (Å²) < 4.78 is 23.4. The largest absolute Gasteiger partial charge is 0.487 e. The Morgan fingerprint density at radius 2 is 1.86 bits per heavy atom. The van der Waals surface area contributed by atoms with Crippen LogP contribution in [0, 0.1) is 18.3 Å². The van der Waals surface area contributed by atoms with Gasteiger partial charge in [0, 0.05) is 11.9 Å². The van der Waals surface area contributed by atoms with Crippen molar-refractivity contribution in [3.63, 3.8) is 0 Å². The number of carbonyl (C=O) groups is 1. The zero-order valence-electron chi connectivity index (χ0n) is 20.4. The monoisotopic (exact) mass is 502 g/mol. The van der Waals surface area contributed by atoms with Crippen molar-refractivity contribution >= 4 is 22.9 Å². The van der Waals surface area contributed by atoms with E-state index in [0.717, 1.165) is 0 Å². The fourth-order valence-electron chi connectivity index (χ4n) is 3.72. The van der Waals surface area contributed by atoms with Gasteiger partial charge in [0.15, 0.2) is 11.5 Å². The van der Waals surface area contributed by atoms with Crippen molar-refractivity contribution in [2.75, 3.05) is 38.9 Å². The molecule has 0 saturated heterocycles. The maximum Gasteiger partial charge on any atom is 0.339 e. The highest BCUT2D eigenvalue weighted by Crippen LogP contribution is 2.34. The Bertz CT molecular complexity index is 1430. The number of rotatable bonds is 11. The van der Waals surface area contributed by atoms with Crippen molar-refractivity contribution in [3.05, 3.63) is 77.6 Å². The van der Waals surface area contributed by atoms with Crippen LogP contribution in [0.3, 0.4) is 0 Å². The van der Waals surface area contributed by atoms with E-state index in [4.69, 9.17) is 24.1 Å². The number of benzene rings is 2. The standard InChI is InChI=1S/C27H26N4O6/c1-18-22(27(33)34-2)17-31-26(18)25(19(15-28)16-29-31)30-20-7-9-21(10-8-20)37-24-6-4-3-5-23(24)36-14-13-35-12-11-32/h3-10,16-17,30,32H,11-14H2,1-2H3. The lowest BCUT2D eigenvalue weighted by Gasteiger charge is -2.14. The number of fused-ring (bicyclic) bond motifs is 1. The number of nitriles is 1. The van der Waals surface area contributed by atoms with Crippen LogP contribution in [0.1, 0.15) is 21.5 Å². The SMILES string of the molecule is COC(=O)c1cn2ncc(C#N)c(Nc3ccc(Oc4ccccc4OCCOCCO)cc3)c2c1C. The Balaban J connectivity index is 1.53. The maximum absolute atomic E-state index is 12.2. The Hall–Kier alpha value is -4.59. The number of aromatic nitrogens is 2. The van der Waals surface area contributed by atoms with Crippen molar-refractivity contribution in [1.82, 2.24) is 9.61 Å². The molecule has 2 N–H and O–H groups in total. The first kappa shape index (κ1) is 25.5. The zero-order valence-corrected chi connectivity index (χ0v) is 20.4. The summed E-state index contributed by atoms with van der Waals surface area (Å²) in [6.45, 7) is 2.68. The third-order valence-electron chi connectivity index (χ3n) is 5.50. The van der Waals surface area contributed by atoms with Gasteiger partial charge in [-0.15, -0.1) is 0 Å². The van der Waals surface area contributed by atoms with Crippen LogP contribution in [0.25, 0.3) is 5.52 Å². The molecule has 2 heterocycles. The molecule has 0 aliphatic rings. The lowest BCUT2D eigenvalue weighted by atomic mass is 10.1. The second kappa shape index (κ2) is 11.9. The number of aliphatic hydroxyl groups excluding tert-OH is 1. The molecule has 0 saturated carbocycles. The van der Waals surface area contributed by atoms with Gasteiger partial charge in [0.05, 0.1) is 55.5 Å². The van der Waals surface area contributed by atoms with E-state index in [-0.39, 0.29) is 13.2 Å². The molecule has 2 aromatic heterocycles. The van der Waals surface area contributed by atoms with E-state index in [0.29, 0.717) is 64.0 Å². The summed E-state index contributed by atoms with van der Waals surface area (Å²) in [5.74, 6) is 1.23. The van der Waals surface area contributed by atoms with Crippen LogP contribution in [0.2, 0.25) is 0 Å². The quantitative estimate of drug-likeness (QED) is 0.229. The highest BCUT2D eigenvalue weighted by Gasteiger charge is 2.20. The number of anilines is 2. The summed E-state index contributed by atoms with van der Waals surface area (Å²) in [4.78, 5) is 12.2. The van der Waals surface area contributed by atoms with E-state index in [2.05, 4.69) is 16.5 Å². The Morgan fingerprint density at radius 1 is 1.11 bits per heavy atom. The van der Waals surface area contributed by atoms with Gasteiger partial charge in [0.2, 0.25) is 0 Å². The van der Waals surface area contributed by atoms with Gasteiger partial charge in [-0.3, -0.25) is 0 Å². The molecule has 4 rings (SSSR count). The number of nitrogens with zero attached hydrogens (tertiary/aromatic N) is 3. The zero-order chi connectivity index (χ0) is 26.2. The van der Waals surface area contributed by atoms with Crippen molar-refractivity contribution in [2.24, 2.45) is 0 Å². The van der Waals surface area contributed by atoms with Gasteiger partial charge in [-0.2, -0.15) is 10.4 Å². The number of nitrogens with one attached hydrogen (secondary N) is 1. The number of para-hydroxylation sites is 2. The number of methoxy groups -OCH3 is 1. The molecule has 37 heavy (non-hydrogen) atoms. The number of aryl methyl sites for hydroxylation is 1. The van der Waals surface area contributed by atoms with E-state index in [1.807, 2.05) is 24.3 Å². The summed E-state index contributed by atoms with van der Waals surface area (Å²) in [7, 11) is 1.32. The van der Waals surface area contributed by atoms with Crippen LogP contribution in [0.4, 0.5) is 11.4 Å². The van der Waals surface area contributed by atoms with Crippen molar-refractivity contribution in [3.8, 4) is 23.3 Å². The van der Waals surface area contributed by atoms with Gasteiger partial charge in [-0.05, 0) is 48.9 Å². The molecule has 0 aliphatic carbocycles. The first-order valence-corrected chi connectivity index (χ1v) is 11.5. The summed E-state index contributed by atoms with van der Waals surface area (Å²) in [5.41, 5.74) is 3.20. The molecular weight excluding hydrogens is 476 g/mol. The molecule has 0 aliphatic heterocycles. The van der Waals surface area contributed by atoms with Gasteiger partial charge < -0.3 is 29.4 Å². The first-order valence-electron chi connectivity index (χ1n) is 11.5. The fourth-order valence-corrected chi connectivity index (χ4v) is 3.72. The lowest BCUT2D eigenvalue weighted by molar-refractivity contribution is 0.0600. The predicted molar refractivity (Wildman–Crippen MR) is 136 cm³/mol. The number of ether oxygens (including phenoxy) is 4. The molecule has 2 aromatic carbocycles. The number of hydrogen-bond donors (Lipinski definition) is 2. The third kappa shape index (κ3) is 5.81. The predicted octanol–water partition coefficient (Wildman–Crippen LogP) is 4.22. The van der Waals surface area contributed by atoms with Gasteiger partial charge in [0.1, 0.15) is 18.4 Å². The Labute approximate surface area is 213 Å². The number of esters is 1. The van der Waals surface area contributed by atoms with Gasteiger partial charge in [-0.1, -0.05) is 12.1 Å². The highest BCUT2D eigenvalue weighted by molar-refractivity contribution is 5.97. The molecule has 10 heteroatoms. The average molecular weight is 503 g/mol. The second-order valence-corrected chi connectivity index (χ2v) is 7.88. The number of carbonyl (C=O) groups excluding carboxylic acids is 1. The van der Waals surface area contributed by atoms with E-state index in [1.165, 1.54) is 13.3 Å². The smallest absolute Gasteiger partial charge is 0.339 e. The summed E-state index contributed by atoms with van der Waals surface area (Å²) in [6.07, 6.45) is 3.02. The number of aliphatic hydroxyl groups is 1. The fraction of sp³-hybridized carbons (Fsp3) is 0.222. The molecule has 0 fully saturated rings. The maximum atomic E-state index is 12.2. The Kier molecular flexibility index (Phi) is 8.20. The van der Waals surface area contributed by atoms with Crippen LogP contribution in [-0.4, -0.2) is 54.2 Å². The van der Waals surface area contributed by atoms with Crippen LogP contribution < -0.4 is 14.8 Å². The van der Waals surface area contributed by atoms with Crippen molar-refractivity contribution in [1.29, 1.82) is 5.26 Å². The minimum atomic E-state index is -0.476. The lowest BCUT2D eigenvalue weighted by Crippen LogP contribution is -2.09. The third-order valence-corrected chi connectivity index (χ3v) is 5.50. The molecule has 4 aromatic rings. The van der Waals surface area contributed by atoms with Crippen LogP contribution in [0.5, 0.6) is 17.2 Å². The van der Waals surface area contributed by atoms with E-state index >= 15 is 0 Å². The normalized spacial score (nSPS) is 10.6. The minimum Gasteiger partial charge on any atom is -0.487 e. The van der Waals surface area contributed by atoms with Crippen LogP contribution in [-0.2, 0) is 9.47 Å². The second-order valence-electron chi connectivity index (χ2n) is 7.88. The van der Waals surface area contributed by atoms with Gasteiger partial charge >= 0.3 is 5.97 Å². The number of hydrogen-bond acceptors (Lipinski definition) is 9. The summed E-state index contributed by atoms with van der Waals surface area (Å²) >= 11 is 0. The Morgan fingerprint density at radius 3 is 2.57 bits per heavy atom. The molecule has 0 bridgehead atoms. The molecule has 0 spiro atoms. The molecule has 0 radical (unpaired) electrons.